The van der Waals surface area contributed by atoms with Gasteiger partial charge in [0.25, 0.3) is 0 Å². The molecule has 0 unspecified atom stereocenters. The number of hydrogen-bond acceptors (Lipinski definition) is 0. The fourth-order valence-electron chi connectivity index (χ4n) is 2.60. The number of halogens is 3. The summed E-state index contributed by atoms with van der Waals surface area (Å²) in [6.45, 7) is 1.94. The molecule has 0 saturated heterocycles. The van der Waals surface area contributed by atoms with Gasteiger partial charge < -0.3 is 0 Å². The molecule has 0 aliphatic heterocycles. The first-order valence-electron chi connectivity index (χ1n) is 8.80. The van der Waals surface area contributed by atoms with Gasteiger partial charge in [-0.25, -0.2) is 0 Å². The molecule has 4 heteroatoms. The summed E-state index contributed by atoms with van der Waals surface area (Å²) in [5, 5.41) is 1.33. The molecule has 0 atom stereocenters. The molecule has 0 fully saturated rings. The van der Waals surface area contributed by atoms with Gasteiger partial charge in [-0.2, -0.15) is 13.2 Å². The van der Waals surface area contributed by atoms with Crippen molar-refractivity contribution in [3.8, 4) is 0 Å². The fraction of sp³-hybridized carbons (Fsp3) is 0.0833. The van der Waals surface area contributed by atoms with Gasteiger partial charge in [0, 0.05) is 0 Å². The highest BCUT2D eigenvalue weighted by Crippen LogP contribution is 2.33. The maximum atomic E-state index is 13.8. The molecule has 3 aromatic rings. The monoisotopic (exact) mass is 397 g/mol. The first-order valence-corrected chi connectivity index (χ1v) is 10.1. The maximum absolute atomic E-state index is 13.8. The number of allylic oxidation sites excluding steroid dienone is 2. The summed E-state index contributed by atoms with van der Waals surface area (Å²) in [6, 6.07) is 26.0. The number of benzene rings is 3. The van der Waals surface area contributed by atoms with Gasteiger partial charge in [-0.3, -0.25) is 0 Å². The first-order chi connectivity index (χ1) is 13.4. The molecule has 0 N–H and O–H groups in total. The van der Waals surface area contributed by atoms with Crippen molar-refractivity contribution in [3.05, 3.63) is 113 Å². The lowest BCUT2D eigenvalue weighted by atomic mass is 10.1. The Morgan fingerprint density at radius 3 is 1.71 bits per heavy atom. The Labute approximate surface area is 166 Å². The molecular weight excluding hydrogens is 377 g/mol. The van der Waals surface area contributed by atoms with Gasteiger partial charge in [0.05, 0.1) is 10.9 Å². The highest BCUT2D eigenvalue weighted by Gasteiger charge is 2.36. The van der Waals surface area contributed by atoms with Crippen LogP contribution >= 0.6 is 0 Å². The highest BCUT2D eigenvalue weighted by molar-refractivity contribution is 7.99. The van der Waals surface area contributed by atoms with Gasteiger partial charge in [0.1, 0.15) is 11.0 Å². The summed E-state index contributed by atoms with van der Waals surface area (Å²) in [4.78, 5) is 1.69. The third-order valence-corrected chi connectivity index (χ3v) is 6.15. The molecule has 0 radical (unpaired) electrons. The quantitative estimate of drug-likeness (QED) is 0.316. The van der Waals surface area contributed by atoms with Crippen LogP contribution < -0.4 is 0 Å². The molecule has 0 aliphatic rings. The standard InChI is InChI=1S/C24H20F3S/c1-19-12-14-20(15-13-19)16-17-21(24(25,26)27)18-28(22-8-4-2-5-9-22)23-10-6-3-7-11-23/h2-18H,1H3/q+1/b17-16+,21-18+. The zero-order chi connectivity index (χ0) is 20.0. The van der Waals surface area contributed by atoms with Crippen LogP contribution in [0.15, 0.2) is 112 Å². The number of rotatable bonds is 5. The molecule has 0 amide bonds. The predicted molar refractivity (Wildman–Crippen MR) is 111 cm³/mol. The van der Waals surface area contributed by atoms with Gasteiger partial charge in [-0.15, -0.1) is 0 Å². The van der Waals surface area contributed by atoms with Gasteiger partial charge in [-0.1, -0.05) is 72.3 Å². The molecular formula is C24H20F3S+. The van der Waals surface area contributed by atoms with Crippen LogP contribution in [0.3, 0.4) is 0 Å². The van der Waals surface area contributed by atoms with E-state index in [1.165, 1.54) is 11.5 Å². The van der Waals surface area contributed by atoms with Crippen LogP contribution in [0, 0.1) is 6.92 Å². The van der Waals surface area contributed by atoms with Crippen molar-refractivity contribution >= 4 is 17.0 Å². The van der Waals surface area contributed by atoms with E-state index < -0.39 is 22.6 Å². The minimum Gasteiger partial charge on any atom is -0.166 e. The Balaban J connectivity index is 2.03. The van der Waals surface area contributed by atoms with Crippen molar-refractivity contribution in [2.45, 2.75) is 22.9 Å². The van der Waals surface area contributed by atoms with Gasteiger partial charge >= 0.3 is 6.18 Å². The van der Waals surface area contributed by atoms with Crippen LogP contribution in [-0.2, 0) is 10.9 Å². The molecule has 0 bridgehead atoms. The summed E-state index contributed by atoms with van der Waals surface area (Å²) < 4.78 is 41.3. The van der Waals surface area contributed by atoms with E-state index in [-0.39, 0.29) is 0 Å². The van der Waals surface area contributed by atoms with E-state index in [4.69, 9.17) is 0 Å². The number of alkyl halides is 3. The Bertz CT molecular complexity index is 901. The Morgan fingerprint density at radius 2 is 1.25 bits per heavy atom. The van der Waals surface area contributed by atoms with Crippen molar-refractivity contribution < 1.29 is 13.2 Å². The zero-order valence-electron chi connectivity index (χ0n) is 15.4. The largest absolute Gasteiger partial charge is 0.420 e. The third kappa shape index (κ3) is 5.40. The molecule has 28 heavy (non-hydrogen) atoms. The van der Waals surface area contributed by atoms with Gasteiger partial charge in [0.2, 0.25) is 0 Å². The first kappa shape index (κ1) is 20.0. The molecule has 3 rings (SSSR count). The second-order valence-corrected chi connectivity index (χ2v) is 8.13. The highest BCUT2D eigenvalue weighted by atomic mass is 32.2. The van der Waals surface area contributed by atoms with Crippen LogP contribution in [0.25, 0.3) is 6.08 Å². The van der Waals surface area contributed by atoms with Crippen molar-refractivity contribution in [2.24, 2.45) is 0 Å². The Kier molecular flexibility index (Phi) is 6.42. The second kappa shape index (κ2) is 8.98. The lowest BCUT2D eigenvalue weighted by molar-refractivity contribution is -0.0879. The molecule has 0 aliphatic carbocycles. The zero-order valence-corrected chi connectivity index (χ0v) is 16.2. The van der Waals surface area contributed by atoms with E-state index in [9.17, 15) is 13.2 Å². The molecule has 3 aromatic carbocycles. The van der Waals surface area contributed by atoms with Gasteiger partial charge in [0.15, 0.2) is 9.79 Å². The number of hydrogen-bond donors (Lipinski definition) is 0. The summed E-state index contributed by atoms with van der Waals surface area (Å²) in [6.07, 6.45) is -1.76. The summed E-state index contributed by atoms with van der Waals surface area (Å²) in [5.41, 5.74) is 1.16. The topological polar surface area (TPSA) is 0 Å². The lowest BCUT2D eigenvalue weighted by Crippen LogP contribution is -2.13. The average molecular weight is 397 g/mol. The van der Waals surface area contributed by atoms with Crippen molar-refractivity contribution in [1.29, 1.82) is 0 Å². The van der Waals surface area contributed by atoms with E-state index in [2.05, 4.69) is 0 Å². The molecule has 0 aromatic heterocycles. The van der Waals surface area contributed by atoms with Crippen LogP contribution in [0.1, 0.15) is 11.1 Å². The van der Waals surface area contributed by atoms with E-state index in [1.54, 1.807) is 0 Å². The van der Waals surface area contributed by atoms with E-state index in [0.29, 0.717) is 0 Å². The minimum atomic E-state index is -4.43. The van der Waals surface area contributed by atoms with Crippen LogP contribution in [-0.4, -0.2) is 6.18 Å². The summed E-state index contributed by atoms with van der Waals surface area (Å²) in [5.74, 6) is 0. The van der Waals surface area contributed by atoms with Crippen LogP contribution in [0.5, 0.6) is 0 Å². The average Bonchev–Trinajstić information content (AvgIpc) is 2.70. The Hall–Kier alpha value is -2.72. The normalized spacial score (nSPS) is 12.7. The molecule has 0 nitrogen and oxygen atoms in total. The number of aryl methyl sites for hydroxylation is 1. The second-order valence-electron chi connectivity index (χ2n) is 6.28. The fourth-order valence-corrected chi connectivity index (χ4v) is 4.51. The lowest BCUT2D eigenvalue weighted by Gasteiger charge is -2.09. The Morgan fingerprint density at radius 1 is 0.750 bits per heavy atom. The van der Waals surface area contributed by atoms with E-state index in [1.807, 2.05) is 91.9 Å². The van der Waals surface area contributed by atoms with Crippen LogP contribution in [0.2, 0.25) is 0 Å². The van der Waals surface area contributed by atoms with E-state index in [0.717, 1.165) is 27.0 Å². The smallest absolute Gasteiger partial charge is 0.166 e. The van der Waals surface area contributed by atoms with Gasteiger partial charge in [-0.05, 0) is 42.8 Å². The molecule has 0 saturated carbocycles. The maximum Gasteiger partial charge on any atom is 0.420 e. The van der Waals surface area contributed by atoms with Crippen molar-refractivity contribution in [2.75, 3.05) is 0 Å². The molecule has 142 valence electrons. The summed E-state index contributed by atoms with van der Waals surface area (Å²) in [7, 11) is -0.823. The molecule has 0 spiro atoms. The predicted octanol–water partition coefficient (Wildman–Crippen LogP) is 7.19. The minimum absolute atomic E-state index is 0.649. The van der Waals surface area contributed by atoms with E-state index >= 15 is 0 Å². The SMILES string of the molecule is Cc1ccc(/C=C/C(=C\[S+](c2ccccc2)c2ccccc2)C(F)(F)F)cc1. The van der Waals surface area contributed by atoms with Crippen LogP contribution in [0.4, 0.5) is 13.2 Å². The third-order valence-electron chi connectivity index (χ3n) is 4.10. The molecule has 0 heterocycles. The van der Waals surface area contributed by atoms with Crippen molar-refractivity contribution in [3.63, 3.8) is 0 Å². The van der Waals surface area contributed by atoms with Crippen molar-refractivity contribution in [1.82, 2.24) is 0 Å². The summed E-state index contributed by atoms with van der Waals surface area (Å²) >= 11 is 0.